The fraction of sp³-hybridized carbons (Fsp3) is 0.158. The molecule has 3 amide bonds. The predicted molar refractivity (Wildman–Crippen MR) is 103 cm³/mol. The number of benzene rings is 2. The number of anilines is 2. The van der Waals surface area contributed by atoms with E-state index in [0.717, 1.165) is 24.3 Å². The van der Waals surface area contributed by atoms with E-state index in [1.165, 1.54) is 24.3 Å². The van der Waals surface area contributed by atoms with Crippen LogP contribution in [0.5, 0.6) is 0 Å². The van der Waals surface area contributed by atoms with Crippen LogP contribution in [0.4, 0.5) is 33.7 Å². The van der Waals surface area contributed by atoms with Crippen LogP contribution in [0.2, 0.25) is 0 Å². The van der Waals surface area contributed by atoms with Gasteiger partial charge in [0.1, 0.15) is 5.82 Å². The lowest BCUT2D eigenvalue weighted by molar-refractivity contribution is -0.143. The number of alkyl halides is 3. The second-order valence-corrected chi connectivity index (χ2v) is 6.19. The molecule has 0 aliphatic carbocycles. The minimum absolute atomic E-state index is 0.117. The second kappa shape index (κ2) is 8.81. The maximum Gasteiger partial charge on any atom is 0.435 e. The smallest absolute Gasteiger partial charge is 0.338 e. The van der Waals surface area contributed by atoms with Crippen LogP contribution in [0.3, 0.4) is 0 Å². The van der Waals surface area contributed by atoms with E-state index in [9.17, 15) is 27.2 Å². The van der Waals surface area contributed by atoms with E-state index < -0.39 is 35.3 Å². The van der Waals surface area contributed by atoms with Crippen molar-refractivity contribution >= 4 is 23.3 Å². The van der Waals surface area contributed by atoms with Crippen LogP contribution in [-0.2, 0) is 6.18 Å². The van der Waals surface area contributed by atoms with Crippen molar-refractivity contribution in [3.8, 4) is 5.69 Å². The molecule has 2 aromatic carbocycles. The van der Waals surface area contributed by atoms with E-state index >= 15 is 0 Å². The average molecular weight is 436 g/mol. The zero-order chi connectivity index (χ0) is 22.6. The van der Waals surface area contributed by atoms with Crippen molar-refractivity contribution in [3.63, 3.8) is 0 Å². The molecule has 0 saturated carbocycles. The fourth-order valence-electron chi connectivity index (χ4n) is 2.65. The van der Waals surface area contributed by atoms with Gasteiger partial charge in [-0.3, -0.25) is 4.79 Å². The van der Waals surface area contributed by atoms with Gasteiger partial charge in [0, 0.05) is 17.9 Å². The van der Waals surface area contributed by atoms with Crippen molar-refractivity contribution in [2.45, 2.75) is 13.1 Å². The third kappa shape index (κ3) is 5.15. The van der Waals surface area contributed by atoms with E-state index in [1.54, 1.807) is 6.92 Å². The number of nitrogens with zero attached hydrogens (tertiary/aromatic N) is 3. The molecular weight excluding hydrogens is 420 g/mol. The number of hydrogen-bond donors (Lipinski definition) is 3. The number of rotatable bonds is 5. The van der Waals surface area contributed by atoms with Gasteiger partial charge < -0.3 is 16.0 Å². The molecule has 3 rings (SSSR count). The molecule has 3 N–H and O–H groups in total. The van der Waals surface area contributed by atoms with Gasteiger partial charge in [0.05, 0.1) is 5.69 Å². The Kier molecular flexibility index (Phi) is 6.18. The predicted octanol–water partition coefficient (Wildman–Crippen LogP) is 3.82. The molecule has 1 aromatic heterocycles. The Balaban J connectivity index is 1.89. The van der Waals surface area contributed by atoms with Gasteiger partial charge in [-0.25, -0.2) is 13.9 Å². The largest absolute Gasteiger partial charge is 0.435 e. The average Bonchev–Trinajstić information content (AvgIpc) is 3.15. The quantitative estimate of drug-likeness (QED) is 0.530. The van der Waals surface area contributed by atoms with Crippen molar-refractivity contribution < 1.29 is 27.2 Å². The summed E-state index contributed by atoms with van der Waals surface area (Å²) in [5.74, 6) is -1.80. The molecule has 0 aliphatic rings. The third-order valence-corrected chi connectivity index (χ3v) is 3.94. The highest BCUT2D eigenvalue weighted by Crippen LogP contribution is 2.33. The summed E-state index contributed by atoms with van der Waals surface area (Å²) >= 11 is 0. The van der Waals surface area contributed by atoms with E-state index in [-0.39, 0.29) is 11.4 Å². The summed E-state index contributed by atoms with van der Waals surface area (Å²) in [4.78, 5) is 24.1. The van der Waals surface area contributed by atoms with Gasteiger partial charge in [-0.1, -0.05) is 11.3 Å². The Bertz CT molecular complexity index is 1100. The van der Waals surface area contributed by atoms with E-state index in [1.807, 2.05) is 0 Å². The summed E-state index contributed by atoms with van der Waals surface area (Å²) in [6.45, 7) is 2.12. The molecule has 3 aromatic rings. The van der Waals surface area contributed by atoms with E-state index in [0.29, 0.717) is 16.9 Å². The first-order chi connectivity index (χ1) is 14.7. The number of urea groups is 1. The van der Waals surface area contributed by atoms with Gasteiger partial charge in [0.2, 0.25) is 0 Å². The molecule has 0 atom stereocenters. The molecule has 0 bridgehead atoms. The molecule has 162 valence electrons. The van der Waals surface area contributed by atoms with Crippen LogP contribution in [0.15, 0.2) is 48.5 Å². The highest BCUT2D eigenvalue weighted by molar-refractivity contribution is 6.04. The highest BCUT2D eigenvalue weighted by atomic mass is 19.4. The molecule has 12 heteroatoms. The third-order valence-electron chi connectivity index (χ3n) is 3.94. The molecule has 1 heterocycles. The Hall–Kier alpha value is -3.96. The Morgan fingerprint density at radius 2 is 1.68 bits per heavy atom. The van der Waals surface area contributed by atoms with Crippen LogP contribution in [-0.4, -0.2) is 33.5 Å². The van der Waals surface area contributed by atoms with Crippen LogP contribution < -0.4 is 16.0 Å². The van der Waals surface area contributed by atoms with Gasteiger partial charge in [-0.05, 0) is 49.4 Å². The molecule has 8 nitrogen and oxygen atoms in total. The number of carbonyl (C=O) groups is 2. The first-order valence-corrected chi connectivity index (χ1v) is 8.94. The first-order valence-electron chi connectivity index (χ1n) is 8.94. The molecule has 0 fully saturated rings. The van der Waals surface area contributed by atoms with Crippen molar-refractivity contribution in [2.24, 2.45) is 0 Å². The van der Waals surface area contributed by atoms with E-state index in [4.69, 9.17) is 0 Å². The lowest BCUT2D eigenvalue weighted by Crippen LogP contribution is -2.28. The summed E-state index contributed by atoms with van der Waals surface area (Å²) in [5, 5.41) is 14.1. The van der Waals surface area contributed by atoms with Crippen molar-refractivity contribution in [1.82, 2.24) is 20.3 Å². The summed E-state index contributed by atoms with van der Waals surface area (Å²) < 4.78 is 54.6. The lowest BCUT2D eigenvalue weighted by Gasteiger charge is -2.12. The topological polar surface area (TPSA) is 101 Å². The fourth-order valence-corrected chi connectivity index (χ4v) is 2.65. The van der Waals surface area contributed by atoms with Crippen LogP contribution in [0.1, 0.15) is 23.1 Å². The molecular formula is C19H16F4N6O2. The molecule has 0 saturated heterocycles. The maximum atomic E-state index is 13.7. The molecule has 0 unspecified atom stereocenters. The van der Waals surface area contributed by atoms with Crippen LogP contribution >= 0.6 is 0 Å². The van der Waals surface area contributed by atoms with Gasteiger partial charge in [-0.2, -0.15) is 13.2 Å². The summed E-state index contributed by atoms with van der Waals surface area (Å²) in [6, 6.07) is 9.44. The maximum absolute atomic E-state index is 13.7. The van der Waals surface area contributed by atoms with Gasteiger partial charge in [0.25, 0.3) is 5.91 Å². The highest BCUT2D eigenvalue weighted by Gasteiger charge is 2.42. The molecule has 0 spiro atoms. The monoisotopic (exact) mass is 436 g/mol. The summed E-state index contributed by atoms with van der Waals surface area (Å²) in [5.41, 5.74) is -2.04. The van der Waals surface area contributed by atoms with Gasteiger partial charge in [-0.15, -0.1) is 5.10 Å². The van der Waals surface area contributed by atoms with Crippen LogP contribution in [0, 0.1) is 5.82 Å². The second-order valence-electron chi connectivity index (χ2n) is 6.19. The normalized spacial score (nSPS) is 11.1. The Morgan fingerprint density at radius 1 is 1.03 bits per heavy atom. The molecule has 31 heavy (non-hydrogen) atoms. The van der Waals surface area contributed by atoms with Gasteiger partial charge >= 0.3 is 12.2 Å². The summed E-state index contributed by atoms with van der Waals surface area (Å²) in [7, 11) is 0. The SMILES string of the molecule is CCNC(=O)Nc1cccc(NC(=O)c2nnn(-c3ccc(F)cc3)c2C(F)(F)F)c1. The number of carbonyl (C=O) groups excluding carboxylic acids is 2. The number of hydrogen-bond acceptors (Lipinski definition) is 4. The zero-order valence-electron chi connectivity index (χ0n) is 16.0. The van der Waals surface area contributed by atoms with Gasteiger partial charge in [0.15, 0.2) is 11.4 Å². The van der Waals surface area contributed by atoms with E-state index in [2.05, 4.69) is 26.3 Å². The molecule has 0 radical (unpaired) electrons. The lowest BCUT2D eigenvalue weighted by atomic mass is 10.2. The van der Waals surface area contributed by atoms with Crippen molar-refractivity contribution in [3.05, 3.63) is 65.7 Å². The minimum atomic E-state index is -4.97. The minimum Gasteiger partial charge on any atom is -0.338 e. The number of aromatic nitrogens is 3. The van der Waals surface area contributed by atoms with Crippen LogP contribution in [0.25, 0.3) is 5.69 Å². The number of amides is 3. The number of nitrogens with one attached hydrogen (secondary N) is 3. The summed E-state index contributed by atoms with van der Waals surface area (Å²) in [6.07, 6.45) is -4.97. The standard InChI is InChI=1S/C19H16F4N6O2/c1-2-24-18(31)26-13-5-3-4-12(10-13)25-17(30)15-16(19(21,22)23)29(28-27-15)14-8-6-11(20)7-9-14/h3-10H,2H2,1H3,(H,25,30)(H2,24,26,31). The van der Waals surface area contributed by atoms with Crippen molar-refractivity contribution in [1.29, 1.82) is 0 Å². The first kappa shape index (κ1) is 21.7. The number of halogens is 4. The molecule has 0 aliphatic heterocycles. The zero-order valence-corrected chi connectivity index (χ0v) is 16.0. The Labute approximate surface area is 173 Å². The Morgan fingerprint density at radius 3 is 2.29 bits per heavy atom. The van der Waals surface area contributed by atoms with Crippen molar-refractivity contribution in [2.75, 3.05) is 17.2 Å².